The summed E-state index contributed by atoms with van der Waals surface area (Å²) >= 11 is 7.53. The van der Waals surface area contributed by atoms with Crippen molar-refractivity contribution >= 4 is 51.9 Å². The first-order valence-electron chi connectivity index (χ1n) is 12.2. The van der Waals surface area contributed by atoms with Crippen LogP contribution in [-0.4, -0.2) is 31.6 Å². The third kappa shape index (κ3) is 7.02. The van der Waals surface area contributed by atoms with Gasteiger partial charge >= 0.3 is 11.9 Å². The molecule has 9 heteroatoms. The van der Waals surface area contributed by atoms with Gasteiger partial charge in [0, 0.05) is 21.5 Å². The van der Waals surface area contributed by atoms with Gasteiger partial charge in [-0.15, -0.1) is 11.3 Å². The number of methoxy groups -OCH3 is 1. The molecule has 0 fully saturated rings. The number of carbonyl (C=O) groups excluding carboxylic acids is 3. The zero-order valence-electron chi connectivity index (χ0n) is 21.1. The molecule has 0 bridgehead atoms. The molecule has 0 saturated carbocycles. The molecule has 1 unspecified atom stereocenters. The molecule has 1 amide bonds. The first-order valence-corrected chi connectivity index (χ1v) is 13.4. The van der Waals surface area contributed by atoms with E-state index in [4.69, 9.17) is 25.8 Å². The summed E-state index contributed by atoms with van der Waals surface area (Å²) in [4.78, 5) is 38.1. The van der Waals surface area contributed by atoms with Crippen LogP contribution in [0.3, 0.4) is 0 Å². The molecule has 38 heavy (non-hydrogen) atoms. The van der Waals surface area contributed by atoms with Gasteiger partial charge in [-0.2, -0.15) is 0 Å². The smallest absolute Gasteiger partial charge is 0.341 e. The summed E-state index contributed by atoms with van der Waals surface area (Å²) < 4.78 is 15.8. The number of halogens is 1. The van der Waals surface area contributed by atoms with E-state index in [-0.39, 0.29) is 0 Å². The molecular formula is C29H28ClNO6S. The van der Waals surface area contributed by atoms with E-state index in [1.54, 1.807) is 30.3 Å². The number of ether oxygens (including phenoxy) is 3. The SMILES string of the molecule is COC(=O)c1c(NC(=O)COC(=O)/C=C/c2ccc(OCc3ccccc3Cl)cc2)sc2c1CCC(C)C2. The fourth-order valence-corrected chi connectivity index (χ4v) is 5.73. The summed E-state index contributed by atoms with van der Waals surface area (Å²) in [6.45, 7) is 2.03. The molecule has 198 valence electrons. The number of hydrogen-bond donors (Lipinski definition) is 1. The molecule has 1 aliphatic carbocycles. The maximum atomic E-state index is 12.5. The second-order valence-electron chi connectivity index (χ2n) is 8.99. The van der Waals surface area contributed by atoms with E-state index in [1.165, 1.54) is 24.5 Å². The minimum absolute atomic E-state index is 0.345. The number of nitrogens with one attached hydrogen (secondary N) is 1. The average Bonchev–Trinajstić information content (AvgIpc) is 3.27. The minimum Gasteiger partial charge on any atom is -0.489 e. The lowest BCUT2D eigenvalue weighted by molar-refractivity contribution is -0.142. The van der Waals surface area contributed by atoms with Crippen molar-refractivity contribution in [2.75, 3.05) is 19.0 Å². The number of amides is 1. The standard InChI is InChI=1S/C29H28ClNO6S/c1-18-7-13-22-24(15-18)38-28(27(22)29(34)35-2)31-25(32)17-37-26(33)14-10-19-8-11-21(12-9-19)36-16-20-5-3-4-6-23(20)30/h3-6,8-12,14,18H,7,13,15-17H2,1-2H3,(H,31,32)/b14-10+. The summed E-state index contributed by atoms with van der Waals surface area (Å²) in [5.74, 6) is -0.486. The number of carbonyl (C=O) groups is 3. The van der Waals surface area contributed by atoms with Crippen LogP contribution >= 0.6 is 22.9 Å². The number of hydrogen-bond acceptors (Lipinski definition) is 7. The molecule has 1 heterocycles. The van der Waals surface area contributed by atoms with Crippen molar-refractivity contribution in [3.05, 3.63) is 86.8 Å². The van der Waals surface area contributed by atoms with Crippen LogP contribution in [0.5, 0.6) is 5.75 Å². The number of thiophene rings is 1. The van der Waals surface area contributed by atoms with Crippen LogP contribution in [0.1, 0.15) is 45.3 Å². The fraction of sp³-hybridized carbons (Fsp3) is 0.276. The van der Waals surface area contributed by atoms with E-state index >= 15 is 0 Å². The Hall–Kier alpha value is -3.62. The quantitative estimate of drug-likeness (QED) is 0.255. The molecular weight excluding hydrogens is 526 g/mol. The Morgan fingerprint density at radius 3 is 2.63 bits per heavy atom. The number of fused-ring (bicyclic) bond motifs is 1. The predicted molar refractivity (Wildman–Crippen MR) is 148 cm³/mol. The van der Waals surface area contributed by atoms with Gasteiger partial charge in [-0.05, 0) is 60.6 Å². The second kappa shape index (κ2) is 12.8. The van der Waals surface area contributed by atoms with Crippen LogP contribution in [0.15, 0.2) is 54.6 Å². The molecule has 1 aromatic heterocycles. The lowest BCUT2D eigenvalue weighted by Crippen LogP contribution is -2.21. The first-order chi connectivity index (χ1) is 18.3. The van der Waals surface area contributed by atoms with Gasteiger partial charge in [0.1, 0.15) is 17.4 Å². The normalized spacial score (nSPS) is 14.6. The summed E-state index contributed by atoms with van der Waals surface area (Å²) in [6.07, 6.45) is 5.43. The Bertz CT molecular complexity index is 1350. The average molecular weight is 554 g/mol. The molecule has 1 aliphatic rings. The Labute approximate surface area is 230 Å². The highest BCUT2D eigenvalue weighted by molar-refractivity contribution is 7.17. The van der Waals surface area contributed by atoms with Crippen LogP contribution < -0.4 is 10.1 Å². The highest BCUT2D eigenvalue weighted by Gasteiger charge is 2.29. The largest absolute Gasteiger partial charge is 0.489 e. The van der Waals surface area contributed by atoms with Crippen LogP contribution in [0, 0.1) is 5.92 Å². The summed E-state index contributed by atoms with van der Waals surface area (Å²) in [5.41, 5.74) is 2.99. The van der Waals surface area contributed by atoms with E-state index in [0.29, 0.717) is 33.9 Å². The van der Waals surface area contributed by atoms with Gasteiger partial charge in [0.15, 0.2) is 6.61 Å². The van der Waals surface area contributed by atoms with Crippen LogP contribution in [0.4, 0.5) is 5.00 Å². The Morgan fingerprint density at radius 1 is 1.13 bits per heavy atom. The van der Waals surface area contributed by atoms with E-state index in [9.17, 15) is 14.4 Å². The maximum absolute atomic E-state index is 12.5. The molecule has 7 nitrogen and oxygen atoms in total. The Kier molecular flexibility index (Phi) is 9.20. The molecule has 0 aliphatic heterocycles. The zero-order valence-corrected chi connectivity index (χ0v) is 22.7. The summed E-state index contributed by atoms with van der Waals surface area (Å²) in [5, 5.41) is 3.80. The van der Waals surface area contributed by atoms with Crippen LogP contribution in [0.25, 0.3) is 6.08 Å². The number of esters is 2. The van der Waals surface area contributed by atoms with Gasteiger partial charge in [-0.25, -0.2) is 9.59 Å². The van der Waals surface area contributed by atoms with Gasteiger partial charge in [-0.3, -0.25) is 4.79 Å². The lowest BCUT2D eigenvalue weighted by Gasteiger charge is -2.18. The molecule has 2 aromatic carbocycles. The summed E-state index contributed by atoms with van der Waals surface area (Å²) in [7, 11) is 1.32. The zero-order chi connectivity index (χ0) is 27.1. The topological polar surface area (TPSA) is 90.9 Å². The van der Waals surface area contributed by atoms with Gasteiger partial charge in [-0.1, -0.05) is 48.9 Å². The number of anilines is 1. The van der Waals surface area contributed by atoms with E-state index < -0.39 is 24.5 Å². The highest BCUT2D eigenvalue weighted by Crippen LogP contribution is 2.40. The fourth-order valence-electron chi connectivity index (χ4n) is 4.12. The molecule has 0 radical (unpaired) electrons. The third-order valence-corrected chi connectivity index (χ3v) is 7.68. The van der Waals surface area contributed by atoms with Crippen molar-refractivity contribution in [2.24, 2.45) is 5.92 Å². The van der Waals surface area contributed by atoms with Crippen molar-refractivity contribution < 1.29 is 28.6 Å². The molecule has 0 spiro atoms. The maximum Gasteiger partial charge on any atom is 0.341 e. The molecule has 0 saturated heterocycles. The lowest BCUT2D eigenvalue weighted by atomic mass is 9.88. The van der Waals surface area contributed by atoms with Crippen LogP contribution in [-0.2, 0) is 38.5 Å². The van der Waals surface area contributed by atoms with Crippen molar-refractivity contribution in [3.63, 3.8) is 0 Å². The van der Waals surface area contributed by atoms with Crippen molar-refractivity contribution in [3.8, 4) is 5.75 Å². The van der Waals surface area contributed by atoms with Gasteiger partial charge < -0.3 is 19.5 Å². The van der Waals surface area contributed by atoms with E-state index in [1.807, 2.05) is 24.3 Å². The monoisotopic (exact) mass is 553 g/mol. The van der Waals surface area contributed by atoms with Crippen LogP contribution in [0.2, 0.25) is 5.02 Å². The van der Waals surface area contributed by atoms with Crippen molar-refractivity contribution in [1.82, 2.24) is 0 Å². The van der Waals surface area contributed by atoms with Crippen molar-refractivity contribution in [1.29, 1.82) is 0 Å². The van der Waals surface area contributed by atoms with Gasteiger partial charge in [0.25, 0.3) is 5.91 Å². The number of rotatable bonds is 9. The van der Waals surface area contributed by atoms with Crippen molar-refractivity contribution in [2.45, 2.75) is 32.8 Å². The van der Waals surface area contributed by atoms with E-state index in [0.717, 1.165) is 40.8 Å². The first kappa shape index (κ1) is 27.4. The van der Waals surface area contributed by atoms with Gasteiger partial charge in [0.05, 0.1) is 12.7 Å². The van der Waals surface area contributed by atoms with E-state index in [2.05, 4.69) is 12.2 Å². The Balaban J connectivity index is 1.28. The number of benzene rings is 2. The predicted octanol–water partition coefficient (Wildman–Crippen LogP) is 6.09. The Morgan fingerprint density at radius 2 is 1.89 bits per heavy atom. The molecule has 1 N–H and O–H groups in total. The van der Waals surface area contributed by atoms with Gasteiger partial charge in [0.2, 0.25) is 0 Å². The molecule has 4 rings (SSSR count). The summed E-state index contributed by atoms with van der Waals surface area (Å²) in [6, 6.07) is 14.6. The molecule has 1 atom stereocenters. The molecule has 3 aromatic rings. The third-order valence-electron chi connectivity index (χ3n) is 6.14. The highest BCUT2D eigenvalue weighted by atomic mass is 35.5. The second-order valence-corrected chi connectivity index (χ2v) is 10.5. The minimum atomic E-state index is -0.660.